The smallest absolute Gasteiger partial charge is 0.394 e. The third-order valence-corrected chi connectivity index (χ3v) is 12.3. The number of alkyl halides is 5. The fourth-order valence-electron chi connectivity index (χ4n) is 8.32. The maximum absolute atomic E-state index is 15.6. The first-order chi connectivity index (χ1) is 21.7. The minimum Gasteiger partial charge on any atom is -0.481 e. The lowest BCUT2D eigenvalue weighted by Crippen LogP contribution is -2.47. The van der Waals surface area contributed by atoms with Gasteiger partial charge in [0.15, 0.2) is 0 Å². The van der Waals surface area contributed by atoms with Gasteiger partial charge in [-0.2, -0.15) is 18.3 Å². The summed E-state index contributed by atoms with van der Waals surface area (Å²) in [6, 6.07) is 0. The van der Waals surface area contributed by atoms with Crippen molar-refractivity contribution in [3.05, 3.63) is 33.0 Å². The molecule has 0 saturated heterocycles. The van der Waals surface area contributed by atoms with E-state index in [0.717, 1.165) is 15.4 Å². The van der Waals surface area contributed by atoms with E-state index in [0.29, 0.717) is 49.2 Å². The number of carbonyl (C=O) groups is 3. The molecule has 3 saturated carbocycles. The Morgan fingerprint density at radius 2 is 1.89 bits per heavy atom. The van der Waals surface area contributed by atoms with Crippen molar-refractivity contribution in [3.8, 4) is 0 Å². The number of thiazole rings is 1. The van der Waals surface area contributed by atoms with Gasteiger partial charge in [-0.05, 0) is 76.2 Å². The highest BCUT2D eigenvalue weighted by Gasteiger charge is 2.69. The first-order valence-corrected chi connectivity index (χ1v) is 17.4. The van der Waals surface area contributed by atoms with Crippen molar-refractivity contribution in [2.75, 3.05) is 7.05 Å². The number of hydrogen-bond donors (Lipinski definition) is 1. The normalized spacial score (nSPS) is 30.8. The van der Waals surface area contributed by atoms with Crippen LogP contribution in [0.15, 0.2) is 5.38 Å². The molecule has 0 bridgehead atoms. The van der Waals surface area contributed by atoms with Gasteiger partial charge >= 0.3 is 12.1 Å². The van der Waals surface area contributed by atoms with E-state index in [9.17, 15) is 32.7 Å². The molecule has 4 aliphatic rings. The third kappa shape index (κ3) is 5.99. The number of hydrogen-bond acceptors (Lipinski definition) is 6. The van der Waals surface area contributed by atoms with Gasteiger partial charge in [-0.1, -0.05) is 6.42 Å². The lowest BCUT2D eigenvalue weighted by Gasteiger charge is -2.40. The van der Waals surface area contributed by atoms with Gasteiger partial charge in [0.25, 0.3) is 5.91 Å². The highest BCUT2D eigenvalue weighted by molar-refractivity contribution is 7.09. The second-order valence-electron chi connectivity index (χ2n) is 13.8. The van der Waals surface area contributed by atoms with Crippen LogP contribution in [-0.4, -0.2) is 67.3 Å². The highest BCUT2D eigenvalue weighted by Crippen LogP contribution is 2.66. The number of carboxylic acids is 1. The van der Waals surface area contributed by atoms with Crippen molar-refractivity contribution < 1.29 is 37.1 Å². The second kappa shape index (κ2) is 12.5. The largest absolute Gasteiger partial charge is 0.481 e. The number of aromatic nitrogens is 3. The zero-order valence-corrected chi connectivity index (χ0v) is 27.4. The van der Waals surface area contributed by atoms with E-state index in [-0.39, 0.29) is 50.9 Å². The van der Waals surface area contributed by atoms with E-state index in [4.69, 9.17) is 11.6 Å². The van der Waals surface area contributed by atoms with Gasteiger partial charge < -0.3 is 10.0 Å². The average molecular weight is 687 g/mol. The summed E-state index contributed by atoms with van der Waals surface area (Å²) in [5.74, 6) is -6.05. The van der Waals surface area contributed by atoms with Gasteiger partial charge in [0.2, 0.25) is 5.91 Å². The van der Waals surface area contributed by atoms with Crippen LogP contribution in [0.5, 0.6) is 0 Å². The minimum absolute atomic E-state index is 0.0468. The van der Waals surface area contributed by atoms with Crippen LogP contribution in [0.3, 0.4) is 0 Å². The van der Waals surface area contributed by atoms with Gasteiger partial charge in [0, 0.05) is 36.1 Å². The Hall–Kier alpha value is -2.54. The van der Waals surface area contributed by atoms with E-state index < -0.39 is 64.6 Å². The number of carboxylic acid groups (broad SMARTS) is 1. The molecule has 2 heterocycles. The molecule has 3 fully saturated rings. The molecule has 2 aromatic rings. The molecule has 0 aliphatic heterocycles. The summed E-state index contributed by atoms with van der Waals surface area (Å²) in [6.07, 6.45) is -3.77. The molecule has 8 nitrogen and oxygen atoms in total. The van der Waals surface area contributed by atoms with Crippen molar-refractivity contribution in [1.29, 1.82) is 0 Å². The molecular weight excluding hydrogens is 648 g/mol. The van der Waals surface area contributed by atoms with E-state index in [2.05, 4.69) is 10.1 Å². The SMILES string of the molecule is Cc1nc(CN(C)C(=O)C2CCc3c(C4CCC(C(=O)O)CC4F)nn(C(=O)C4C(Cl)CCCC4C4(C(F)(F)F)CC4)c3C2)cs1. The van der Waals surface area contributed by atoms with E-state index in [1.807, 2.05) is 12.3 Å². The maximum Gasteiger partial charge on any atom is 0.394 e. The Kier molecular flexibility index (Phi) is 9.06. The second-order valence-corrected chi connectivity index (χ2v) is 15.4. The molecule has 0 radical (unpaired) electrons. The maximum atomic E-state index is 15.6. The van der Waals surface area contributed by atoms with Crippen molar-refractivity contribution in [1.82, 2.24) is 19.7 Å². The molecule has 1 N–H and O–H groups in total. The average Bonchev–Trinajstić information content (AvgIpc) is 3.62. The summed E-state index contributed by atoms with van der Waals surface area (Å²) >= 11 is 8.19. The first-order valence-electron chi connectivity index (χ1n) is 16.1. The number of carbonyl (C=O) groups excluding carboxylic acids is 2. The van der Waals surface area contributed by atoms with Gasteiger partial charge in [-0.3, -0.25) is 14.4 Å². The molecule has 46 heavy (non-hydrogen) atoms. The van der Waals surface area contributed by atoms with Gasteiger partial charge in [0.05, 0.1) is 45.9 Å². The molecule has 1 amide bonds. The number of amides is 1. The quantitative estimate of drug-likeness (QED) is 0.256. The van der Waals surface area contributed by atoms with Crippen molar-refractivity contribution in [3.63, 3.8) is 0 Å². The van der Waals surface area contributed by atoms with Crippen LogP contribution in [-0.2, 0) is 29.0 Å². The fraction of sp³-hybridized carbons (Fsp3) is 0.719. The molecule has 0 spiro atoms. The molecule has 2 aromatic heterocycles. The van der Waals surface area contributed by atoms with Crippen LogP contribution >= 0.6 is 22.9 Å². The number of halogens is 5. The third-order valence-electron chi connectivity index (χ3n) is 10.9. The summed E-state index contributed by atoms with van der Waals surface area (Å²) in [5, 5.41) is 16.1. The molecule has 7 unspecified atom stereocenters. The predicted octanol–water partition coefficient (Wildman–Crippen LogP) is 6.72. The zero-order valence-electron chi connectivity index (χ0n) is 25.9. The summed E-state index contributed by atoms with van der Waals surface area (Å²) in [7, 11) is 1.69. The van der Waals surface area contributed by atoms with Crippen LogP contribution in [0.1, 0.15) is 96.2 Å². The number of rotatable bonds is 7. The summed E-state index contributed by atoms with van der Waals surface area (Å²) in [5.41, 5.74) is 0.240. The lowest BCUT2D eigenvalue weighted by atomic mass is 9.69. The Morgan fingerprint density at radius 1 is 1.15 bits per heavy atom. The Bertz CT molecular complexity index is 1510. The minimum atomic E-state index is -4.47. The summed E-state index contributed by atoms with van der Waals surface area (Å²) in [6.45, 7) is 2.19. The monoisotopic (exact) mass is 686 g/mol. The van der Waals surface area contributed by atoms with E-state index >= 15 is 4.39 Å². The van der Waals surface area contributed by atoms with Crippen molar-refractivity contribution >= 4 is 40.7 Å². The lowest BCUT2D eigenvalue weighted by molar-refractivity contribution is -0.209. The number of nitrogens with zero attached hydrogens (tertiary/aromatic N) is 4. The molecular formula is C32H39ClF4N4O4S. The summed E-state index contributed by atoms with van der Waals surface area (Å²) in [4.78, 5) is 45.7. The van der Waals surface area contributed by atoms with Crippen LogP contribution in [0, 0.1) is 36.0 Å². The molecule has 0 aromatic carbocycles. The van der Waals surface area contributed by atoms with Crippen LogP contribution in [0.25, 0.3) is 0 Å². The topological polar surface area (TPSA) is 105 Å². The van der Waals surface area contributed by atoms with Crippen molar-refractivity contribution in [2.45, 2.75) is 108 Å². The number of aryl methyl sites for hydroxylation is 1. The van der Waals surface area contributed by atoms with Crippen molar-refractivity contribution in [2.24, 2.45) is 29.1 Å². The zero-order chi connectivity index (χ0) is 33.1. The van der Waals surface area contributed by atoms with Crippen LogP contribution < -0.4 is 0 Å². The highest BCUT2D eigenvalue weighted by atomic mass is 35.5. The van der Waals surface area contributed by atoms with E-state index in [1.54, 1.807) is 11.9 Å². The molecule has 7 atom stereocenters. The summed E-state index contributed by atoms with van der Waals surface area (Å²) < 4.78 is 59.9. The van der Waals surface area contributed by atoms with E-state index in [1.165, 1.54) is 11.3 Å². The molecule has 6 rings (SSSR count). The fourth-order valence-corrected chi connectivity index (χ4v) is 9.37. The molecule has 4 aliphatic carbocycles. The standard InChI is InChI=1S/C32H39ClF4N4O4S/c1-16-38-19(15-46-16)14-40(2)28(42)17-6-9-21-25(13-17)41(39-27(21)20-8-7-18(30(44)45)12-24(20)34)29(43)26-22(4-3-5-23(26)33)31(10-11-31)32(35,36)37/h15,17-18,20,22-24,26H,3-14H2,1-2H3,(H,44,45). The van der Waals surface area contributed by atoms with Gasteiger partial charge in [0.1, 0.15) is 6.17 Å². The predicted molar refractivity (Wildman–Crippen MR) is 163 cm³/mol. The molecule has 252 valence electrons. The van der Waals surface area contributed by atoms with Gasteiger partial charge in [-0.15, -0.1) is 22.9 Å². The Balaban J connectivity index is 1.34. The first kappa shape index (κ1) is 33.4. The Morgan fingerprint density at radius 3 is 2.50 bits per heavy atom. The molecule has 14 heteroatoms. The van der Waals surface area contributed by atoms with Crippen LogP contribution in [0.4, 0.5) is 17.6 Å². The Labute approximate surface area is 273 Å². The van der Waals surface area contributed by atoms with Crippen LogP contribution in [0.2, 0.25) is 0 Å². The van der Waals surface area contributed by atoms with Gasteiger partial charge in [-0.25, -0.2) is 14.1 Å². The number of aliphatic carboxylic acids is 1. The number of fused-ring (bicyclic) bond motifs is 1.